The first kappa shape index (κ1) is 10.4. The molecule has 0 radical (unpaired) electrons. The van der Waals surface area contributed by atoms with Crippen LogP contribution < -0.4 is 5.32 Å². The highest BCUT2D eigenvalue weighted by atomic mass is 35.5. The molecule has 4 nitrogen and oxygen atoms in total. The van der Waals surface area contributed by atoms with Crippen LogP contribution in [0.3, 0.4) is 0 Å². The number of halogens is 1. The average Bonchev–Trinajstić information content (AvgIpc) is 2.17. The third-order valence-electron chi connectivity index (χ3n) is 2.01. The Morgan fingerprint density at radius 2 is 2.07 bits per heavy atom. The van der Waals surface area contributed by atoms with Gasteiger partial charge in [0.2, 0.25) is 0 Å². The number of nitrogens with one attached hydrogen (secondary N) is 1. The SMILES string of the molecule is O=S1(=O)N=C(CCCl)Nc2ccccc21. The van der Waals surface area contributed by atoms with Crippen molar-refractivity contribution in [3.05, 3.63) is 24.3 Å². The predicted octanol–water partition coefficient (Wildman–Crippen LogP) is 1.83. The molecule has 0 amide bonds. The van der Waals surface area contributed by atoms with Crippen molar-refractivity contribution < 1.29 is 8.42 Å². The molecule has 1 heterocycles. The lowest BCUT2D eigenvalue weighted by molar-refractivity contribution is 0.597. The third-order valence-corrected chi connectivity index (χ3v) is 3.57. The molecule has 0 bridgehead atoms. The van der Waals surface area contributed by atoms with Crippen molar-refractivity contribution in [1.82, 2.24) is 0 Å². The Hall–Kier alpha value is -1.07. The Labute approximate surface area is 93.0 Å². The molecule has 0 aliphatic carbocycles. The van der Waals surface area contributed by atoms with E-state index in [1.54, 1.807) is 18.2 Å². The van der Waals surface area contributed by atoms with Crippen LogP contribution in [0.5, 0.6) is 0 Å². The second kappa shape index (κ2) is 3.83. The maximum Gasteiger partial charge on any atom is 0.286 e. The Kier molecular flexibility index (Phi) is 2.67. The fraction of sp³-hybridized carbons (Fsp3) is 0.222. The van der Waals surface area contributed by atoms with E-state index in [9.17, 15) is 8.42 Å². The number of fused-ring (bicyclic) bond motifs is 1. The van der Waals surface area contributed by atoms with Crippen LogP contribution in [0.25, 0.3) is 0 Å². The van der Waals surface area contributed by atoms with Crippen LogP contribution in [0.2, 0.25) is 0 Å². The third kappa shape index (κ3) is 1.98. The van der Waals surface area contributed by atoms with Crippen LogP contribution in [0.4, 0.5) is 5.69 Å². The molecule has 0 saturated carbocycles. The van der Waals surface area contributed by atoms with Crippen molar-refractivity contribution in [2.75, 3.05) is 11.2 Å². The number of amidine groups is 1. The van der Waals surface area contributed by atoms with Gasteiger partial charge in [-0.3, -0.25) is 0 Å². The Balaban J connectivity index is 2.50. The van der Waals surface area contributed by atoms with Crippen LogP contribution in [0.15, 0.2) is 33.6 Å². The average molecular weight is 245 g/mol. The number of hydrogen-bond donors (Lipinski definition) is 1. The summed E-state index contributed by atoms with van der Waals surface area (Å²) in [4.78, 5) is 0.211. The second-order valence-electron chi connectivity index (χ2n) is 3.07. The zero-order valence-electron chi connectivity index (χ0n) is 7.77. The van der Waals surface area contributed by atoms with Crippen LogP contribution in [-0.4, -0.2) is 20.1 Å². The Morgan fingerprint density at radius 1 is 1.33 bits per heavy atom. The van der Waals surface area contributed by atoms with Crippen LogP contribution in [0, 0.1) is 0 Å². The van der Waals surface area contributed by atoms with Crippen LogP contribution >= 0.6 is 11.6 Å². The molecule has 2 rings (SSSR count). The topological polar surface area (TPSA) is 58.5 Å². The van der Waals surface area contributed by atoms with Gasteiger partial charge in [-0.25, -0.2) is 0 Å². The van der Waals surface area contributed by atoms with Gasteiger partial charge >= 0.3 is 0 Å². The fourth-order valence-corrected chi connectivity index (χ4v) is 2.72. The minimum Gasteiger partial charge on any atom is -0.342 e. The zero-order chi connectivity index (χ0) is 10.9. The van der Waals surface area contributed by atoms with E-state index in [4.69, 9.17) is 11.6 Å². The summed E-state index contributed by atoms with van der Waals surface area (Å²) in [5.41, 5.74) is 0.563. The summed E-state index contributed by atoms with van der Waals surface area (Å²) in [6.07, 6.45) is 0.412. The van der Waals surface area contributed by atoms with E-state index in [0.717, 1.165) is 0 Å². The number of nitrogens with zero attached hydrogens (tertiary/aromatic N) is 1. The van der Waals surface area contributed by atoms with E-state index in [1.807, 2.05) is 0 Å². The van der Waals surface area contributed by atoms with Crippen LogP contribution in [-0.2, 0) is 10.0 Å². The van der Waals surface area contributed by atoms with Gasteiger partial charge in [0.05, 0.1) is 5.69 Å². The number of hydrogen-bond acceptors (Lipinski definition) is 3. The summed E-state index contributed by atoms with van der Waals surface area (Å²) < 4.78 is 27.0. The summed E-state index contributed by atoms with van der Waals surface area (Å²) in [5, 5.41) is 2.94. The zero-order valence-corrected chi connectivity index (χ0v) is 9.35. The number of sulfonamides is 1. The number of benzene rings is 1. The lowest BCUT2D eigenvalue weighted by Crippen LogP contribution is -2.21. The smallest absolute Gasteiger partial charge is 0.286 e. The maximum absolute atomic E-state index is 11.7. The van der Waals surface area contributed by atoms with Gasteiger partial charge in [0.15, 0.2) is 0 Å². The molecule has 1 N–H and O–H groups in total. The highest BCUT2D eigenvalue weighted by Gasteiger charge is 2.23. The monoisotopic (exact) mass is 244 g/mol. The summed E-state index contributed by atoms with van der Waals surface area (Å²) in [6.45, 7) is 0. The minimum atomic E-state index is -3.55. The van der Waals surface area contributed by atoms with Gasteiger partial charge in [-0.1, -0.05) is 12.1 Å². The van der Waals surface area contributed by atoms with Gasteiger partial charge < -0.3 is 5.32 Å². The van der Waals surface area contributed by atoms with E-state index < -0.39 is 10.0 Å². The van der Waals surface area contributed by atoms with Crippen molar-refractivity contribution in [2.24, 2.45) is 4.40 Å². The van der Waals surface area contributed by atoms with E-state index in [0.29, 0.717) is 23.8 Å². The molecule has 15 heavy (non-hydrogen) atoms. The molecule has 0 saturated heterocycles. The molecule has 1 aromatic carbocycles. The fourth-order valence-electron chi connectivity index (χ4n) is 1.37. The largest absolute Gasteiger partial charge is 0.342 e. The molecular weight excluding hydrogens is 236 g/mol. The molecule has 80 valence electrons. The standard InChI is InChI=1S/C9H9ClN2O2S/c10-6-5-9-11-7-3-1-2-4-8(7)15(13,14)12-9/h1-4H,5-6H2,(H,11,12). The molecule has 0 atom stereocenters. The first-order valence-electron chi connectivity index (χ1n) is 4.39. The van der Waals surface area contributed by atoms with E-state index in [2.05, 4.69) is 9.71 Å². The molecule has 0 unspecified atom stereocenters. The maximum atomic E-state index is 11.7. The van der Waals surface area contributed by atoms with Crippen molar-refractivity contribution in [2.45, 2.75) is 11.3 Å². The molecule has 1 aliphatic rings. The van der Waals surface area contributed by atoms with Crippen molar-refractivity contribution in [3.63, 3.8) is 0 Å². The summed E-state index contributed by atoms with van der Waals surface area (Å²) in [6, 6.07) is 6.67. The van der Waals surface area contributed by atoms with Gasteiger partial charge in [-0.2, -0.15) is 8.42 Å². The van der Waals surface area contributed by atoms with Gasteiger partial charge in [0.25, 0.3) is 10.0 Å². The van der Waals surface area contributed by atoms with Crippen molar-refractivity contribution in [1.29, 1.82) is 0 Å². The Morgan fingerprint density at radius 3 is 2.80 bits per heavy atom. The van der Waals surface area contributed by atoms with Gasteiger partial charge in [0.1, 0.15) is 10.7 Å². The minimum absolute atomic E-state index is 0.211. The molecule has 0 fully saturated rings. The summed E-state index contributed by atoms with van der Waals surface area (Å²) >= 11 is 5.54. The first-order valence-corrected chi connectivity index (χ1v) is 6.37. The number of para-hydroxylation sites is 1. The molecule has 0 spiro atoms. The summed E-state index contributed by atoms with van der Waals surface area (Å²) in [7, 11) is -3.55. The second-order valence-corrected chi connectivity index (χ2v) is 5.02. The van der Waals surface area contributed by atoms with Crippen molar-refractivity contribution in [3.8, 4) is 0 Å². The van der Waals surface area contributed by atoms with Gasteiger partial charge in [-0.05, 0) is 12.1 Å². The predicted molar refractivity (Wildman–Crippen MR) is 60.0 cm³/mol. The van der Waals surface area contributed by atoms with E-state index >= 15 is 0 Å². The number of rotatable bonds is 2. The quantitative estimate of drug-likeness (QED) is 0.808. The van der Waals surface area contributed by atoms with Crippen LogP contribution in [0.1, 0.15) is 6.42 Å². The number of alkyl halides is 1. The van der Waals surface area contributed by atoms with Crippen molar-refractivity contribution >= 4 is 33.1 Å². The molecule has 1 aromatic rings. The molecule has 6 heteroatoms. The Bertz CT molecular complexity index is 511. The van der Waals surface area contributed by atoms with E-state index in [1.165, 1.54) is 6.07 Å². The highest BCUT2D eigenvalue weighted by Crippen LogP contribution is 2.26. The number of anilines is 1. The van der Waals surface area contributed by atoms with Gasteiger partial charge in [-0.15, -0.1) is 16.0 Å². The molecule has 0 aromatic heterocycles. The first-order chi connectivity index (χ1) is 7.13. The highest BCUT2D eigenvalue weighted by molar-refractivity contribution is 7.90. The molecular formula is C9H9ClN2O2S. The van der Waals surface area contributed by atoms with E-state index in [-0.39, 0.29) is 4.90 Å². The normalized spacial score (nSPS) is 17.5. The van der Waals surface area contributed by atoms with Gasteiger partial charge in [0, 0.05) is 12.3 Å². The lowest BCUT2D eigenvalue weighted by Gasteiger charge is -2.17. The molecule has 1 aliphatic heterocycles. The summed E-state index contributed by atoms with van der Waals surface area (Å²) in [5.74, 6) is 0.729. The lowest BCUT2D eigenvalue weighted by atomic mass is 10.3.